The molecule has 2 aromatic carbocycles. The fraction of sp³-hybridized carbons (Fsp3) is 0.423. The van der Waals surface area contributed by atoms with Gasteiger partial charge in [0.1, 0.15) is 0 Å². The number of carbonyl (C=O) groups is 1. The van der Waals surface area contributed by atoms with Crippen LogP contribution in [0.1, 0.15) is 86.0 Å². The smallest absolute Gasteiger partial charge is 0.338 e. The number of hydrogen-bond donors (Lipinski definition) is 0. The monoisotopic (exact) mass is 376 g/mol. The van der Waals surface area contributed by atoms with Crippen molar-refractivity contribution in [1.29, 1.82) is 0 Å². The molecule has 28 heavy (non-hydrogen) atoms. The van der Waals surface area contributed by atoms with E-state index in [9.17, 15) is 4.79 Å². The highest BCUT2D eigenvalue weighted by atomic mass is 16.5. The Bertz CT molecular complexity index is 872. The normalized spacial score (nSPS) is 18.9. The first-order valence-electron chi connectivity index (χ1n) is 10.4. The fourth-order valence-electron chi connectivity index (χ4n) is 4.30. The van der Waals surface area contributed by atoms with Crippen molar-refractivity contribution in [2.24, 2.45) is 5.41 Å². The largest absolute Gasteiger partial charge is 0.462 e. The van der Waals surface area contributed by atoms with Crippen molar-refractivity contribution >= 4 is 17.6 Å². The third-order valence-electron chi connectivity index (χ3n) is 5.87. The Morgan fingerprint density at radius 1 is 1.14 bits per heavy atom. The zero-order valence-electron chi connectivity index (χ0n) is 17.8. The highest BCUT2D eigenvalue weighted by Crippen LogP contribution is 2.41. The summed E-state index contributed by atoms with van der Waals surface area (Å²) in [5.41, 5.74) is 7.63. The molecule has 0 aromatic heterocycles. The zero-order valence-corrected chi connectivity index (χ0v) is 17.8. The van der Waals surface area contributed by atoms with Gasteiger partial charge in [0.15, 0.2) is 0 Å². The minimum atomic E-state index is -0.266. The van der Waals surface area contributed by atoms with Crippen LogP contribution in [-0.2, 0) is 11.2 Å². The Morgan fingerprint density at radius 3 is 2.50 bits per heavy atom. The van der Waals surface area contributed by atoms with Gasteiger partial charge in [0.2, 0.25) is 0 Å². The number of benzene rings is 2. The molecule has 0 N–H and O–H groups in total. The maximum Gasteiger partial charge on any atom is 0.338 e. The van der Waals surface area contributed by atoms with Gasteiger partial charge < -0.3 is 4.74 Å². The molecule has 1 atom stereocenters. The molecule has 0 saturated heterocycles. The Labute approximate surface area is 169 Å². The van der Waals surface area contributed by atoms with E-state index in [1.807, 2.05) is 31.2 Å². The van der Waals surface area contributed by atoms with Crippen molar-refractivity contribution in [3.05, 3.63) is 70.3 Å². The molecule has 2 heteroatoms. The van der Waals surface area contributed by atoms with Crippen LogP contribution in [0.5, 0.6) is 0 Å². The minimum absolute atomic E-state index is 0.266. The standard InChI is InChI=1S/C26H32O2/c1-6-28-25(27)22-9-7-20(8-10-22)15-18(2)23-12-11-21-13-14-26(4,5)17-19(3)24(21)16-23/h7-12,15-16,19H,6,13-14,17H2,1-5H3. The van der Waals surface area contributed by atoms with Crippen LogP contribution in [0.4, 0.5) is 0 Å². The van der Waals surface area contributed by atoms with Crippen LogP contribution in [0.25, 0.3) is 11.6 Å². The summed E-state index contributed by atoms with van der Waals surface area (Å²) in [6, 6.07) is 14.6. The van der Waals surface area contributed by atoms with E-state index in [1.54, 1.807) is 0 Å². The summed E-state index contributed by atoms with van der Waals surface area (Å²) in [5, 5.41) is 0. The lowest BCUT2D eigenvalue weighted by Crippen LogP contribution is -2.12. The van der Waals surface area contributed by atoms with E-state index in [2.05, 4.69) is 52.0 Å². The quantitative estimate of drug-likeness (QED) is 0.330. The van der Waals surface area contributed by atoms with Crippen molar-refractivity contribution in [3.8, 4) is 0 Å². The zero-order chi connectivity index (χ0) is 20.3. The van der Waals surface area contributed by atoms with Gasteiger partial charge >= 0.3 is 5.97 Å². The molecule has 0 bridgehead atoms. The number of esters is 1. The summed E-state index contributed by atoms with van der Waals surface area (Å²) < 4.78 is 5.05. The second-order valence-corrected chi connectivity index (χ2v) is 8.85. The van der Waals surface area contributed by atoms with Crippen LogP contribution in [0.2, 0.25) is 0 Å². The summed E-state index contributed by atoms with van der Waals surface area (Å²) in [5.74, 6) is 0.321. The lowest BCUT2D eigenvalue weighted by atomic mass is 9.81. The first-order valence-corrected chi connectivity index (χ1v) is 10.4. The van der Waals surface area contributed by atoms with E-state index in [4.69, 9.17) is 4.74 Å². The molecule has 0 aliphatic heterocycles. The van der Waals surface area contributed by atoms with Crippen LogP contribution in [0.3, 0.4) is 0 Å². The van der Waals surface area contributed by atoms with Crippen molar-refractivity contribution in [3.63, 3.8) is 0 Å². The summed E-state index contributed by atoms with van der Waals surface area (Å²) in [6.07, 6.45) is 5.85. The summed E-state index contributed by atoms with van der Waals surface area (Å²) in [4.78, 5) is 11.8. The van der Waals surface area contributed by atoms with E-state index < -0.39 is 0 Å². The highest BCUT2D eigenvalue weighted by Gasteiger charge is 2.27. The lowest BCUT2D eigenvalue weighted by Gasteiger charge is -2.24. The molecule has 3 rings (SSSR count). The molecular weight excluding hydrogens is 344 g/mol. The average molecular weight is 377 g/mol. The lowest BCUT2D eigenvalue weighted by molar-refractivity contribution is 0.0526. The van der Waals surface area contributed by atoms with E-state index in [-0.39, 0.29) is 5.97 Å². The molecule has 0 fully saturated rings. The number of allylic oxidation sites excluding steroid dienone is 1. The first kappa shape index (κ1) is 20.4. The van der Waals surface area contributed by atoms with Crippen LogP contribution in [0, 0.1) is 5.41 Å². The van der Waals surface area contributed by atoms with Crippen LogP contribution in [-0.4, -0.2) is 12.6 Å². The van der Waals surface area contributed by atoms with Gasteiger partial charge in [-0.1, -0.05) is 57.2 Å². The molecule has 0 spiro atoms. The molecule has 148 valence electrons. The molecule has 0 radical (unpaired) electrons. The molecule has 2 aromatic rings. The number of ether oxygens (including phenoxy) is 1. The van der Waals surface area contributed by atoms with E-state index in [0.717, 1.165) is 5.56 Å². The maximum absolute atomic E-state index is 11.8. The van der Waals surface area contributed by atoms with Crippen molar-refractivity contribution in [1.82, 2.24) is 0 Å². The molecule has 1 unspecified atom stereocenters. The van der Waals surface area contributed by atoms with Gasteiger partial charge in [-0.2, -0.15) is 0 Å². The molecule has 1 aliphatic carbocycles. The Balaban J connectivity index is 1.83. The molecule has 0 heterocycles. The molecule has 0 amide bonds. The van der Waals surface area contributed by atoms with Crippen LogP contribution >= 0.6 is 0 Å². The third-order valence-corrected chi connectivity index (χ3v) is 5.87. The van der Waals surface area contributed by atoms with Crippen molar-refractivity contribution < 1.29 is 9.53 Å². The van der Waals surface area contributed by atoms with E-state index >= 15 is 0 Å². The Hall–Kier alpha value is -2.35. The van der Waals surface area contributed by atoms with Gasteiger partial charge in [0.25, 0.3) is 0 Å². The van der Waals surface area contributed by atoms with Crippen molar-refractivity contribution in [2.45, 2.75) is 59.8 Å². The SMILES string of the molecule is CCOC(=O)c1ccc(C=C(C)c2ccc3c(c2)C(C)CC(C)(C)CC3)cc1. The van der Waals surface area contributed by atoms with Gasteiger partial charge in [0.05, 0.1) is 12.2 Å². The van der Waals surface area contributed by atoms with Gasteiger partial charge in [-0.15, -0.1) is 0 Å². The Morgan fingerprint density at radius 2 is 1.82 bits per heavy atom. The van der Waals surface area contributed by atoms with Gasteiger partial charge in [-0.05, 0) is 84.4 Å². The highest BCUT2D eigenvalue weighted by molar-refractivity contribution is 5.90. The fourth-order valence-corrected chi connectivity index (χ4v) is 4.30. The van der Waals surface area contributed by atoms with Crippen LogP contribution in [0.15, 0.2) is 42.5 Å². The predicted octanol–water partition coefficient (Wildman–Crippen LogP) is 6.89. The summed E-state index contributed by atoms with van der Waals surface area (Å²) in [7, 11) is 0. The second-order valence-electron chi connectivity index (χ2n) is 8.85. The number of carbonyl (C=O) groups excluding carboxylic acids is 1. The van der Waals surface area contributed by atoms with Gasteiger partial charge in [-0.3, -0.25) is 0 Å². The summed E-state index contributed by atoms with van der Waals surface area (Å²) in [6.45, 7) is 11.5. The number of fused-ring (bicyclic) bond motifs is 1. The molecule has 0 saturated carbocycles. The van der Waals surface area contributed by atoms with E-state index in [0.29, 0.717) is 23.5 Å². The van der Waals surface area contributed by atoms with E-state index in [1.165, 1.54) is 41.5 Å². The minimum Gasteiger partial charge on any atom is -0.462 e. The summed E-state index contributed by atoms with van der Waals surface area (Å²) >= 11 is 0. The second kappa shape index (κ2) is 8.34. The van der Waals surface area contributed by atoms with Gasteiger partial charge in [0, 0.05) is 0 Å². The molecule has 1 aliphatic rings. The molecular formula is C26H32O2. The Kier molecular flexibility index (Phi) is 6.07. The maximum atomic E-state index is 11.8. The number of aryl methyl sites for hydroxylation is 1. The first-order chi connectivity index (χ1) is 13.3. The average Bonchev–Trinajstić information content (AvgIpc) is 2.77. The predicted molar refractivity (Wildman–Crippen MR) is 118 cm³/mol. The number of hydrogen-bond acceptors (Lipinski definition) is 2. The molecule has 2 nitrogen and oxygen atoms in total. The van der Waals surface area contributed by atoms with Gasteiger partial charge in [-0.25, -0.2) is 4.79 Å². The topological polar surface area (TPSA) is 26.3 Å². The van der Waals surface area contributed by atoms with Crippen LogP contribution < -0.4 is 0 Å². The van der Waals surface area contributed by atoms with Crippen molar-refractivity contribution in [2.75, 3.05) is 6.61 Å². The number of rotatable bonds is 4. The third kappa shape index (κ3) is 4.73.